The minimum atomic E-state index is -0.525. The van der Waals surface area contributed by atoms with Crippen LogP contribution in [0.3, 0.4) is 0 Å². The van der Waals surface area contributed by atoms with E-state index in [-0.39, 0.29) is 5.56 Å². The maximum Gasteiger partial charge on any atom is 0.255 e. The zero-order valence-corrected chi connectivity index (χ0v) is 12.8. The molecule has 1 aromatic carbocycles. The molecule has 0 bridgehead atoms. The summed E-state index contributed by atoms with van der Waals surface area (Å²) in [6.45, 7) is 5.94. The van der Waals surface area contributed by atoms with Gasteiger partial charge in [-0.1, -0.05) is 19.9 Å². The van der Waals surface area contributed by atoms with Crippen molar-refractivity contribution >= 4 is 21.8 Å². The lowest BCUT2D eigenvalue weighted by Crippen LogP contribution is -2.26. The van der Waals surface area contributed by atoms with Crippen LogP contribution in [0.25, 0.3) is 0 Å². The van der Waals surface area contributed by atoms with Crippen molar-refractivity contribution in [3.8, 4) is 0 Å². The summed E-state index contributed by atoms with van der Waals surface area (Å²) in [5.74, 6) is -0.430. The fourth-order valence-electron chi connectivity index (χ4n) is 1.50. The normalized spacial score (nSPS) is 10.8. The summed E-state index contributed by atoms with van der Waals surface area (Å²) in [6.07, 6.45) is 0.713. The minimum Gasteiger partial charge on any atom is -0.381 e. The molecule has 106 valence electrons. The maximum atomic E-state index is 13.5. The molecular formula is C14H19BrFNO2. The third kappa shape index (κ3) is 5.70. The zero-order valence-electron chi connectivity index (χ0n) is 11.2. The molecule has 0 fully saturated rings. The molecule has 5 heteroatoms. The molecule has 0 aliphatic heterocycles. The summed E-state index contributed by atoms with van der Waals surface area (Å²) >= 11 is 3.17. The number of carbonyl (C=O) groups is 1. The average Bonchev–Trinajstić information content (AvgIpc) is 2.33. The summed E-state index contributed by atoms with van der Waals surface area (Å²) in [4.78, 5) is 11.8. The van der Waals surface area contributed by atoms with Crippen LogP contribution in [-0.4, -0.2) is 25.7 Å². The van der Waals surface area contributed by atoms with Crippen molar-refractivity contribution in [2.75, 3.05) is 19.8 Å². The Morgan fingerprint density at radius 1 is 1.47 bits per heavy atom. The van der Waals surface area contributed by atoms with Crippen LogP contribution in [-0.2, 0) is 4.74 Å². The highest BCUT2D eigenvalue weighted by atomic mass is 79.9. The van der Waals surface area contributed by atoms with E-state index in [2.05, 4.69) is 35.1 Å². The van der Waals surface area contributed by atoms with E-state index in [4.69, 9.17) is 4.74 Å². The first-order valence-corrected chi connectivity index (χ1v) is 7.11. The van der Waals surface area contributed by atoms with Crippen LogP contribution in [0.15, 0.2) is 22.7 Å². The van der Waals surface area contributed by atoms with Gasteiger partial charge in [-0.25, -0.2) is 4.39 Å². The van der Waals surface area contributed by atoms with E-state index in [0.717, 1.165) is 0 Å². The summed E-state index contributed by atoms with van der Waals surface area (Å²) in [5.41, 5.74) is 0.0469. The lowest BCUT2D eigenvalue weighted by molar-refractivity contribution is 0.0921. The number of rotatable bonds is 7. The van der Waals surface area contributed by atoms with Crippen molar-refractivity contribution in [1.29, 1.82) is 0 Å². The van der Waals surface area contributed by atoms with Crippen molar-refractivity contribution in [3.05, 3.63) is 34.1 Å². The number of halogens is 2. The van der Waals surface area contributed by atoms with Crippen LogP contribution in [0.1, 0.15) is 30.6 Å². The number of carbonyl (C=O) groups excluding carboxylic acids is 1. The minimum absolute atomic E-state index is 0.0469. The number of amides is 1. The molecule has 3 nitrogen and oxygen atoms in total. The molecule has 0 aliphatic carbocycles. The molecule has 0 heterocycles. The third-order valence-corrected chi connectivity index (χ3v) is 3.05. The molecular weight excluding hydrogens is 313 g/mol. The highest BCUT2D eigenvalue weighted by molar-refractivity contribution is 9.10. The predicted octanol–water partition coefficient (Wildman–Crippen LogP) is 3.38. The number of hydrogen-bond donors (Lipinski definition) is 1. The van der Waals surface area contributed by atoms with Crippen LogP contribution in [0.5, 0.6) is 0 Å². The Hall–Kier alpha value is -0.940. The smallest absolute Gasteiger partial charge is 0.255 e. The van der Waals surface area contributed by atoms with Crippen molar-refractivity contribution in [1.82, 2.24) is 5.32 Å². The first-order valence-electron chi connectivity index (χ1n) is 6.32. The Morgan fingerprint density at radius 3 is 2.84 bits per heavy atom. The SMILES string of the molecule is CC(C)COCCCNC(=O)c1c(F)cccc1Br. The van der Waals surface area contributed by atoms with E-state index in [1.807, 2.05) is 0 Å². The summed E-state index contributed by atoms with van der Waals surface area (Å²) in [6, 6.07) is 4.46. The molecule has 1 aromatic rings. The van der Waals surface area contributed by atoms with Gasteiger partial charge in [-0.15, -0.1) is 0 Å². The number of hydrogen-bond acceptors (Lipinski definition) is 2. The lowest BCUT2D eigenvalue weighted by Gasteiger charge is -2.09. The van der Waals surface area contributed by atoms with Crippen LogP contribution >= 0.6 is 15.9 Å². The molecule has 0 unspecified atom stereocenters. The summed E-state index contributed by atoms with van der Waals surface area (Å²) in [7, 11) is 0. The molecule has 0 saturated heterocycles. The van der Waals surface area contributed by atoms with Gasteiger partial charge in [0.25, 0.3) is 5.91 Å². The molecule has 0 atom stereocenters. The Morgan fingerprint density at radius 2 is 2.21 bits per heavy atom. The van der Waals surface area contributed by atoms with Gasteiger partial charge < -0.3 is 10.1 Å². The molecule has 0 aliphatic rings. The Labute approximate surface area is 121 Å². The van der Waals surface area contributed by atoms with Gasteiger partial charge in [0.2, 0.25) is 0 Å². The van der Waals surface area contributed by atoms with Gasteiger partial charge in [-0.2, -0.15) is 0 Å². The van der Waals surface area contributed by atoms with E-state index in [9.17, 15) is 9.18 Å². The highest BCUT2D eigenvalue weighted by Crippen LogP contribution is 2.19. The molecule has 1 amide bonds. The number of benzene rings is 1. The van der Waals surface area contributed by atoms with Crippen molar-refractivity contribution in [3.63, 3.8) is 0 Å². The van der Waals surface area contributed by atoms with Crippen LogP contribution in [0.4, 0.5) is 4.39 Å². The monoisotopic (exact) mass is 331 g/mol. The standard InChI is InChI=1S/C14H19BrFNO2/c1-10(2)9-19-8-4-7-17-14(18)13-11(15)5-3-6-12(13)16/h3,5-6,10H,4,7-9H2,1-2H3,(H,17,18). The molecule has 0 saturated carbocycles. The van der Waals surface area contributed by atoms with E-state index in [1.165, 1.54) is 6.07 Å². The van der Waals surface area contributed by atoms with Crippen molar-refractivity contribution in [2.24, 2.45) is 5.92 Å². The van der Waals surface area contributed by atoms with Gasteiger partial charge in [0.05, 0.1) is 5.56 Å². The molecule has 1 rings (SSSR count). The van der Waals surface area contributed by atoms with Crippen LogP contribution in [0.2, 0.25) is 0 Å². The highest BCUT2D eigenvalue weighted by Gasteiger charge is 2.14. The second kappa shape index (κ2) is 8.27. The van der Waals surface area contributed by atoms with Gasteiger partial charge in [-0.3, -0.25) is 4.79 Å². The van der Waals surface area contributed by atoms with Crippen LogP contribution < -0.4 is 5.32 Å². The summed E-state index contributed by atoms with van der Waals surface area (Å²) < 4.78 is 19.4. The molecule has 0 radical (unpaired) electrons. The summed E-state index contributed by atoms with van der Waals surface area (Å²) in [5, 5.41) is 2.68. The van der Waals surface area contributed by atoms with Gasteiger partial charge >= 0.3 is 0 Å². The van der Waals surface area contributed by atoms with E-state index >= 15 is 0 Å². The first kappa shape index (κ1) is 16.1. The largest absolute Gasteiger partial charge is 0.381 e. The van der Waals surface area contributed by atoms with Gasteiger partial charge in [0.1, 0.15) is 5.82 Å². The van der Waals surface area contributed by atoms with Gasteiger partial charge in [0, 0.05) is 24.2 Å². The van der Waals surface area contributed by atoms with Crippen LogP contribution in [0, 0.1) is 11.7 Å². The van der Waals surface area contributed by atoms with E-state index in [1.54, 1.807) is 12.1 Å². The lowest BCUT2D eigenvalue weighted by atomic mass is 10.2. The fraction of sp³-hybridized carbons (Fsp3) is 0.500. The second-order valence-corrected chi connectivity index (χ2v) is 5.53. The van der Waals surface area contributed by atoms with E-state index in [0.29, 0.717) is 36.6 Å². The van der Waals surface area contributed by atoms with Crippen molar-refractivity contribution < 1.29 is 13.9 Å². The number of ether oxygens (including phenoxy) is 1. The van der Waals surface area contributed by atoms with Gasteiger partial charge in [-0.05, 0) is 40.4 Å². The topological polar surface area (TPSA) is 38.3 Å². The Balaban J connectivity index is 2.32. The number of nitrogens with one attached hydrogen (secondary N) is 1. The molecule has 1 N–H and O–H groups in total. The van der Waals surface area contributed by atoms with E-state index < -0.39 is 11.7 Å². The second-order valence-electron chi connectivity index (χ2n) is 4.67. The van der Waals surface area contributed by atoms with Gasteiger partial charge in [0.15, 0.2) is 0 Å². The van der Waals surface area contributed by atoms with Crippen molar-refractivity contribution in [2.45, 2.75) is 20.3 Å². The Kier molecular flexibility index (Phi) is 7.02. The zero-order chi connectivity index (χ0) is 14.3. The average molecular weight is 332 g/mol. The molecule has 19 heavy (non-hydrogen) atoms. The quantitative estimate of drug-likeness (QED) is 0.778. The first-order chi connectivity index (χ1) is 9.02. The predicted molar refractivity (Wildman–Crippen MR) is 76.7 cm³/mol. The molecule has 0 aromatic heterocycles. The Bertz CT molecular complexity index is 404. The third-order valence-electron chi connectivity index (χ3n) is 2.39. The fourth-order valence-corrected chi connectivity index (χ4v) is 2.02. The molecule has 0 spiro atoms. The maximum absolute atomic E-state index is 13.5.